The lowest BCUT2D eigenvalue weighted by Gasteiger charge is -2.14. The number of nitrogens with one attached hydrogen (secondary N) is 2. The van der Waals surface area contributed by atoms with Crippen molar-refractivity contribution in [3.63, 3.8) is 0 Å². The van der Waals surface area contributed by atoms with Crippen LogP contribution in [-0.4, -0.2) is 35.5 Å². The second kappa shape index (κ2) is 9.07. The van der Waals surface area contributed by atoms with Crippen LogP contribution in [0.3, 0.4) is 0 Å². The Hall–Kier alpha value is -3.02. The number of guanidine groups is 1. The van der Waals surface area contributed by atoms with Gasteiger partial charge in [-0.2, -0.15) is 0 Å². The van der Waals surface area contributed by atoms with Gasteiger partial charge in [0.2, 0.25) is 0 Å². The van der Waals surface area contributed by atoms with Crippen molar-refractivity contribution in [3.8, 4) is 5.75 Å². The predicted octanol–water partition coefficient (Wildman–Crippen LogP) is 2.95. The standard InChI is InChI=1S/C21H27N5O/c1-4-27-19-10-6-5-9-17(19)14-24-21(22-3)23-12-11-18-15-26-13-7-8-16(2)20(26)25-18/h5-10,13,15H,4,11-12,14H2,1-3H3,(H2,22,23,24). The van der Waals surface area contributed by atoms with E-state index in [0.29, 0.717) is 13.2 Å². The van der Waals surface area contributed by atoms with Gasteiger partial charge in [-0.3, -0.25) is 4.99 Å². The lowest BCUT2D eigenvalue weighted by Crippen LogP contribution is -2.38. The van der Waals surface area contributed by atoms with Gasteiger partial charge in [-0.05, 0) is 31.5 Å². The third-order valence-corrected chi connectivity index (χ3v) is 4.34. The van der Waals surface area contributed by atoms with E-state index < -0.39 is 0 Å². The molecule has 0 amide bonds. The maximum atomic E-state index is 5.67. The first kappa shape index (κ1) is 18.8. The van der Waals surface area contributed by atoms with E-state index in [1.54, 1.807) is 7.05 Å². The molecule has 27 heavy (non-hydrogen) atoms. The second-order valence-electron chi connectivity index (χ2n) is 6.30. The van der Waals surface area contributed by atoms with Gasteiger partial charge in [0.05, 0.1) is 12.3 Å². The highest BCUT2D eigenvalue weighted by Gasteiger charge is 2.06. The summed E-state index contributed by atoms with van der Waals surface area (Å²) in [6, 6.07) is 12.2. The number of pyridine rings is 1. The average Bonchev–Trinajstić information content (AvgIpc) is 3.10. The summed E-state index contributed by atoms with van der Waals surface area (Å²) >= 11 is 0. The van der Waals surface area contributed by atoms with Gasteiger partial charge in [-0.1, -0.05) is 24.3 Å². The van der Waals surface area contributed by atoms with Crippen LogP contribution in [0.15, 0.2) is 53.8 Å². The van der Waals surface area contributed by atoms with E-state index in [9.17, 15) is 0 Å². The lowest BCUT2D eigenvalue weighted by molar-refractivity contribution is 0.336. The van der Waals surface area contributed by atoms with Crippen LogP contribution in [0, 0.1) is 6.92 Å². The minimum atomic E-state index is 0.655. The average molecular weight is 365 g/mol. The monoisotopic (exact) mass is 365 g/mol. The number of para-hydroxylation sites is 1. The molecule has 6 nitrogen and oxygen atoms in total. The SMILES string of the molecule is CCOc1ccccc1CNC(=NC)NCCc1cn2cccc(C)c2n1. The van der Waals surface area contributed by atoms with Crippen molar-refractivity contribution in [3.05, 3.63) is 65.6 Å². The summed E-state index contributed by atoms with van der Waals surface area (Å²) in [4.78, 5) is 9.00. The third-order valence-electron chi connectivity index (χ3n) is 4.34. The summed E-state index contributed by atoms with van der Waals surface area (Å²) in [6.07, 6.45) is 4.94. The molecule has 0 aliphatic carbocycles. The van der Waals surface area contributed by atoms with E-state index >= 15 is 0 Å². The molecule has 3 aromatic rings. The highest BCUT2D eigenvalue weighted by molar-refractivity contribution is 5.79. The highest BCUT2D eigenvalue weighted by atomic mass is 16.5. The predicted molar refractivity (Wildman–Crippen MR) is 109 cm³/mol. The maximum Gasteiger partial charge on any atom is 0.191 e. The summed E-state index contributed by atoms with van der Waals surface area (Å²) < 4.78 is 7.74. The number of fused-ring (bicyclic) bond motifs is 1. The third kappa shape index (κ3) is 4.78. The molecule has 2 heterocycles. The van der Waals surface area contributed by atoms with Crippen molar-refractivity contribution in [2.24, 2.45) is 4.99 Å². The van der Waals surface area contributed by atoms with Crippen molar-refractivity contribution in [2.75, 3.05) is 20.2 Å². The number of aromatic nitrogens is 2. The Kier molecular flexibility index (Phi) is 6.30. The number of rotatable bonds is 7. The Morgan fingerprint density at radius 2 is 2.04 bits per heavy atom. The molecule has 0 aliphatic heterocycles. The molecule has 0 spiro atoms. The summed E-state index contributed by atoms with van der Waals surface area (Å²) in [5.41, 5.74) is 4.37. The Bertz CT molecular complexity index is 916. The molecule has 2 aromatic heterocycles. The maximum absolute atomic E-state index is 5.67. The van der Waals surface area contributed by atoms with Crippen LogP contribution < -0.4 is 15.4 Å². The molecular weight excluding hydrogens is 338 g/mol. The van der Waals surface area contributed by atoms with E-state index in [4.69, 9.17) is 9.72 Å². The first-order valence-corrected chi connectivity index (χ1v) is 9.29. The van der Waals surface area contributed by atoms with Gasteiger partial charge in [0.15, 0.2) is 5.96 Å². The molecule has 0 atom stereocenters. The molecule has 1 aromatic carbocycles. The van der Waals surface area contributed by atoms with E-state index in [2.05, 4.69) is 45.3 Å². The molecule has 0 fully saturated rings. The van der Waals surface area contributed by atoms with Crippen molar-refractivity contribution >= 4 is 11.6 Å². The Balaban J connectivity index is 1.52. The zero-order chi connectivity index (χ0) is 19.1. The number of hydrogen-bond acceptors (Lipinski definition) is 3. The van der Waals surface area contributed by atoms with Crippen molar-refractivity contribution in [2.45, 2.75) is 26.8 Å². The molecule has 6 heteroatoms. The first-order valence-electron chi connectivity index (χ1n) is 9.29. The van der Waals surface area contributed by atoms with Crippen LogP contribution in [0.2, 0.25) is 0 Å². The number of ether oxygens (including phenoxy) is 1. The summed E-state index contributed by atoms with van der Waals surface area (Å²) in [5, 5.41) is 6.69. The number of aryl methyl sites for hydroxylation is 1. The number of aliphatic imine (C=N–C) groups is 1. The normalized spacial score (nSPS) is 11.6. The quantitative estimate of drug-likeness (QED) is 0.499. The van der Waals surface area contributed by atoms with E-state index in [0.717, 1.165) is 41.6 Å². The van der Waals surface area contributed by atoms with Crippen LogP contribution in [0.4, 0.5) is 0 Å². The van der Waals surface area contributed by atoms with Crippen LogP contribution >= 0.6 is 0 Å². The molecule has 0 saturated heterocycles. The molecule has 0 bridgehead atoms. The highest BCUT2D eigenvalue weighted by Crippen LogP contribution is 2.17. The Morgan fingerprint density at radius 3 is 2.81 bits per heavy atom. The first-order chi connectivity index (χ1) is 13.2. The van der Waals surface area contributed by atoms with Crippen molar-refractivity contribution < 1.29 is 4.74 Å². The Labute approximate surface area is 160 Å². The number of hydrogen-bond donors (Lipinski definition) is 2. The molecule has 3 rings (SSSR count). The Morgan fingerprint density at radius 1 is 1.19 bits per heavy atom. The molecule has 2 N–H and O–H groups in total. The largest absolute Gasteiger partial charge is 0.494 e. The summed E-state index contributed by atoms with van der Waals surface area (Å²) in [5.74, 6) is 1.67. The zero-order valence-electron chi connectivity index (χ0n) is 16.2. The number of imidazole rings is 1. The summed E-state index contributed by atoms with van der Waals surface area (Å²) in [6.45, 7) is 6.14. The lowest BCUT2D eigenvalue weighted by atomic mass is 10.2. The fraction of sp³-hybridized carbons (Fsp3) is 0.333. The van der Waals surface area contributed by atoms with E-state index in [-0.39, 0.29) is 0 Å². The van der Waals surface area contributed by atoms with Crippen LogP contribution in [0.25, 0.3) is 5.65 Å². The fourth-order valence-electron chi connectivity index (χ4n) is 2.98. The molecular formula is C21H27N5O. The van der Waals surface area contributed by atoms with Gasteiger partial charge in [0.1, 0.15) is 11.4 Å². The molecule has 0 saturated carbocycles. The van der Waals surface area contributed by atoms with Gasteiger partial charge in [0.25, 0.3) is 0 Å². The van der Waals surface area contributed by atoms with Gasteiger partial charge in [-0.15, -0.1) is 0 Å². The van der Waals surface area contributed by atoms with Gasteiger partial charge in [0, 0.05) is 44.5 Å². The minimum absolute atomic E-state index is 0.655. The zero-order valence-corrected chi connectivity index (χ0v) is 16.2. The molecule has 142 valence electrons. The van der Waals surface area contributed by atoms with Crippen molar-refractivity contribution in [1.29, 1.82) is 0 Å². The van der Waals surface area contributed by atoms with E-state index in [1.165, 1.54) is 5.56 Å². The van der Waals surface area contributed by atoms with E-state index in [1.807, 2.05) is 37.4 Å². The minimum Gasteiger partial charge on any atom is -0.494 e. The smallest absolute Gasteiger partial charge is 0.191 e. The number of nitrogens with zero attached hydrogens (tertiary/aromatic N) is 3. The van der Waals surface area contributed by atoms with Crippen LogP contribution in [0.1, 0.15) is 23.7 Å². The second-order valence-corrected chi connectivity index (χ2v) is 6.30. The number of benzene rings is 1. The van der Waals surface area contributed by atoms with Gasteiger partial charge < -0.3 is 19.8 Å². The summed E-state index contributed by atoms with van der Waals surface area (Å²) in [7, 11) is 1.78. The molecule has 0 unspecified atom stereocenters. The fourth-order valence-corrected chi connectivity index (χ4v) is 2.98. The van der Waals surface area contributed by atoms with Gasteiger partial charge >= 0.3 is 0 Å². The van der Waals surface area contributed by atoms with Crippen LogP contribution in [0.5, 0.6) is 5.75 Å². The topological polar surface area (TPSA) is 63.0 Å². The molecule has 0 radical (unpaired) electrons. The van der Waals surface area contributed by atoms with Gasteiger partial charge in [-0.25, -0.2) is 4.98 Å². The molecule has 0 aliphatic rings. The van der Waals surface area contributed by atoms with Crippen LogP contribution in [-0.2, 0) is 13.0 Å². The van der Waals surface area contributed by atoms with Crippen molar-refractivity contribution in [1.82, 2.24) is 20.0 Å².